The number of nitrogens with zero attached hydrogens (tertiary/aromatic N) is 4. The number of anilines is 1. The van der Waals surface area contributed by atoms with Crippen molar-refractivity contribution in [2.24, 2.45) is 5.92 Å². The maximum atomic E-state index is 13.4. The Balaban J connectivity index is 1.69. The van der Waals surface area contributed by atoms with Gasteiger partial charge in [0.1, 0.15) is 0 Å². The van der Waals surface area contributed by atoms with Crippen LogP contribution in [-0.2, 0) is 0 Å². The van der Waals surface area contributed by atoms with Crippen molar-refractivity contribution in [1.29, 1.82) is 0 Å². The summed E-state index contributed by atoms with van der Waals surface area (Å²) in [5.74, 6) is 0.747. The highest BCUT2D eigenvalue weighted by Crippen LogP contribution is 2.31. The van der Waals surface area contributed by atoms with Crippen molar-refractivity contribution in [2.45, 2.75) is 25.3 Å². The minimum absolute atomic E-state index is 0.0240. The fourth-order valence-corrected chi connectivity index (χ4v) is 3.01. The van der Waals surface area contributed by atoms with E-state index in [9.17, 15) is 9.50 Å². The summed E-state index contributed by atoms with van der Waals surface area (Å²) in [7, 11) is 1.40. The Morgan fingerprint density at radius 1 is 1.41 bits per heavy atom. The molecular weight excluding hydrogens is 287 g/mol. The van der Waals surface area contributed by atoms with E-state index in [0.717, 1.165) is 44.7 Å². The molecule has 1 saturated carbocycles. The molecule has 1 aliphatic carbocycles. The van der Waals surface area contributed by atoms with Gasteiger partial charge in [-0.1, -0.05) is 0 Å². The largest absolute Gasteiger partial charge is 0.479 e. The molecule has 2 heterocycles. The summed E-state index contributed by atoms with van der Waals surface area (Å²) in [6.45, 7) is 3.77. The van der Waals surface area contributed by atoms with Gasteiger partial charge in [-0.25, -0.2) is 4.98 Å². The lowest BCUT2D eigenvalue weighted by Gasteiger charge is -2.41. The predicted octanol–water partition coefficient (Wildman–Crippen LogP) is 0.907. The van der Waals surface area contributed by atoms with E-state index in [-0.39, 0.29) is 12.5 Å². The number of halogens is 1. The Bertz CT molecular complexity index is 512. The molecular formula is C15H23FN4O2. The lowest BCUT2D eigenvalue weighted by Crippen LogP contribution is -2.54. The molecule has 7 heteroatoms. The second kappa shape index (κ2) is 6.75. The van der Waals surface area contributed by atoms with Gasteiger partial charge < -0.3 is 14.7 Å². The number of aromatic nitrogens is 2. The number of aliphatic hydroxyl groups excluding tert-OH is 1. The predicted molar refractivity (Wildman–Crippen MR) is 80.5 cm³/mol. The summed E-state index contributed by atoms with van der Waals surface area (Å²) in [5, 5.41) is 9.32. The van der Waals surface area contributed by atoms with Crippen LogP contribution in [0.5, 0.6) is 5.88 Å². The molecule has 1 atom stereocenters. The van der Waals surface area contributed by atoms with Crippen LogP contribution in [0.4, 0.5) is 10.3 Å². The van der Waals surface area contributed by atoms with Crippen molar-refractivity contribution in [3.63, 3.8) is 0 Å². The topological polar surface area (TPSA) is 61.7 Å². The van der Waals surface area contributed by atoms with E-state index >= 15 is 0 Å². The first-order valence-corrected chi connectivity index (χ1v) is 7.87. The molecule has 2 aliphatic rings. The monoisotopic (exact) mass is 310 g/mol. The number of methoxy groups -OCH3 is 1. The molecule has 3 rings (SSSR count). The van der Waals surface area contributed by atoms with Gasteiger partial charge in [-0.3, -0.25) is 4.90 Å². The lowest BCUT2D eigenvalue weighted by molar-refractivity contribution is 0.136. The van der Waals surface area contributed by atoms with Crippen LogP contribution in [0, 0.1) is 11.7 Å². The molecule has 1 aromatic rings. The summed E-state index contributed by atoms with van der Waals surface area (Å²) in [6, 6.07) is 0.291. The summed E-state index contributed by atoms with van der Waals surface area (Å²) in [5.41, 5.74) is 0. The zero-order valence-corrected chi connectivity index (χ0v) is 12.9. The van der Waals surface area contributed by atoms with Crippen molar-refractivity contribution in [2.75, 3.05) is 44.8 Å². The van der Waals surface area contributed by atoms with Gasteiger partial charge in [-0.05, 0) is 25.2 Å². The Kier molecular flexibility index (Phi) is 4.73. The minimum atomic E-state index is -0.550. The molecule has 0 bridgehead atoms. The number of aliphatic hydroxyl groups is 1. The van der Waals surface area contributed by atoms with E-state index in [1.165, 1.54) is 20.0 Å². The molecule has 1 N–H and O–H groups in total. The molecule has 1 aliphatic heterocycles. The maximum absolute atomic E-state index is 13.4. The molecule has 0 spiro atoms. The summed E-state index contributed by atoms with van der Waals surface area (Å²) >= 11 is 0. The average Bonchev–Trinajstić information content (AvgIpc) is 3.34. The van der Waals surface area contributed by atoms with Gasteiger partial charge in [0.05, 0.1) is 13.3 Å². The Hall–Kier alpha value is -1.47. The van der Waals surface area contributed by atoms with E-state index in [4.69, 9.17) is 4.74 Å². The van der Waals surface area contributed by atoms with E-state index < -0.39 is 5.82 Å². The zero-order chi connectivity index (χ0) is 15.5. The Morgan fingerprint density at radius 2 is 2.23 bits per heavy atom. The van der Waals surface area contributed by atoms with Gasteiger partial charge in [0.2, 0.25) is 11.8 Å². The van der Waals surface area contributed by atoms with Gasteiger partial charge >= 0.3 is 0 Å². The molecule has 22 heavy (non-hydrogen) atoms. The number of hydrogen-bond acceptors (Lipinski definition) is 6. The molecule has 1 aromatic heterocycles. The highest BCUT2D eigenvalue weighted by atomic mass is 19.1. The van der Waals surface area contributed by atoms with Crippen LogP contribution in [-0.4, -0.2) is 65.9 Å². The molecule has 0 radical (unpaired) electrons. The second-order valence-corrected chi connectivity index (χ2v) is 6.08. The Morgan fingerprint density at radius 3 is 2.91 bits per heavy atom. The number of hydrogen-bond donors (Lipinski definition) is 1. The van der Waals surface area contributed by atoms with Crippen molar-refractivity contribution < 1.29 is 14.2 Å². The highest BCUT2D eigenvalue weighted by molar-refractivity contribution is 5.34. The summed E-state index contributed by atoms with van der Waals surface area (Å²) in [4.78, 5) is 12.7. The van der Waals surface area contributed by atoms with Gasteiger partial charge in [-0.15, -0.1) is 0 Å². The summed E-state index contributed by atoms with van der Waals surface area (Å²) < 4.78 is 18.4. The van der Waals surface area contributed by atoms with Crippen LogP contribution < -0.4 is 9.64 Å². The fraction of sp³-hybridized carbons (Fsp3) is 0.733. The molecule has 122 valence electrons. The van der Waals surface area contributed by atoms with Crippen molar-refractivity contribution in [3.05, 3.63) is 12.0 Å². The van der Waals surface area contributed by atoms with Crippen molar-refractivity contribution >= 4 is 5.95 Å². The van der Waals surface area contributed by atoms with E-state index in [1.807, 2.05) is 4.90 Å². The first kappa shape index (κ1) is 15.4. The van der Waals surface area contributed by atoms with Crippen LogP contribution in [0.25, 0.3) is 0 Å². The molecule has 1 unspecified atom stereocenters. The van der Waals surface area contributed by atoms with Crippen LogP contribution in [0.1, 0.15) is 19.3 Å². The molecule has 0 aromatic carbocycles. The SMILES string of the molecule is COc1nc(N2CCN(CC3CC3)C(CCO)C2)ncc1F. The smallest absolute Gasteiger partial charge is 0.255 e. The Labute approximate surface area is 129 Å². The van der Waals surface area contributed by atoms with E-state index in [2.05, 4.69) is 14.9 Å². The van der Waals surface area contributed by atoms with Crippen LogP contribution >= 0.6 is 0 Å². The maximum Gasteiger partial charge on any atom is 0.255 e. The normalized spacial score (nSPS) is 22.9. The third-order valence-electron chi connectivity index (χ3n) is 4.43. The molecule has 2 fully saturated rings. The third kappa shape index (κ3) is 3.47. The van der Waals surface area contributed by atoms with Crippen LogP contribution in [0.15, 0.2) is 6.20 Å². The van der Waals surface area contributed by atoms with E-state index in [1.54, 1.807) is 0 Å². The van der Waals surface area contributed by atoms with Crippen molar-refractivity contribution in [3.8, 4) is 5.88 Å². The minimum Gasteiger partial charge on any atom is -0.479 e. The third-order valence-corrected chi connectivity index (χ3v) is 4.43. The first-order valence-electron chi connectivity index (χ1n) is 7.87. The standard InChI is InChI=1S/C15H23FN4O2/c1-22-14-13(16)8-17-15(18-14)20-6-5-19(9-11-2-3-11)12(10-20)4-7-21/h8,11-12,21H,2-7,9-10H2,1H3. The molecule has 6 nitrogen and oxygen atoms in total. The summed E-state index contributed by atoms with van der Waals surface area (Å²) in [6.07, 6.45) is 4.54. The molecule has 0 amide bonds. The quantitative estimate of drug-likeness (QED) is 0.843. The van der Waals surface area contributed by atoms with Crippen LogP contribution in [0.2, 0.25) is 0 Å². The van der Waals surface area contributed by atoms with Gasteiger partial charge in [-0.2, -0.15) is 9.37 Å². The first-order chi connectivity index (χ1) is 10.7. The lowest BCUT2D eigenvalue weighted by atomic mass is 10.1. The molecule has 1 saturated heterocycles. The van der Waals surface area contributed by atoms with Gasteiger partial charge in [0.15, 0.2) is 0 Å². The number of rotatable bonds is 6. The van der Waals surface area contributed by atoms with Gasteiger partial charge in [0.25, 0.3) is 5.88 Å². The number of ether oxygens (including phenoxy) is 1. The number of piperazine rings is 1. The van der Waals surface area contributed by atoms with Crippen molar-refractivity contribution in [1.82, 2.24) is 14.9 Å². The second-order valence-electron chi connectivity index (χ2n) is 6.08. The fourth-order valence-electron chi connectivity index (χ4n) is 3.01. The van der Waals surface area contributed by atoms with Gasteiger partial charge in [0, 0.05) is 38.8 Å². The average molecular weight is 310 g/mol. The zero-order valence-electron chi connectivity index (χ0n) is 12.9. The highest BCUT2D eigenvalue weighted by Gasteiger charge is 2.32. The van der Waals surface area contributed by atoms with Crippen LogP contribution in [0.3, 0.4) is 0 Å². The van der Waals surface area contributed by atoms with E-state index in [0.29, 0.717) is 12.0 Å².